The van der Waals surface area contributed by atoms with E-state index in [1.54, 1.807) is 11.3 Å². The molecule has 0 aliphatic rings. The molecule has 0 aliphatic heterocycles. The Morgan fingerprint density at radius 1 is 1.46 bits per heavy atom. The van der Waals surface area contributed by atoms with Crippen LogP contribution in [0.15, 0.2) is 5.51 Å². The van der Waals surface area contributed by atoms with Crippen LogP contribution >= 0.6 is 11.3 Å². The lowest BCUT2D eigenvalue weighted by atomic mass is 10.1. The summed E-state index contributed by atoms with van der Waals surface area (Å²) in [6.45, 7) is 9.71. The molecular weight excluding hydrogens is 180 g/mol. The van der Waals surface area contributed by atoms with Crippen molar-refractivity contribution in [2.75, 3.05) is 0 Å². The largest absolute Gasteiger partial charge is 0.309 e. The number of aryl methyl sites for hydroxylation is 1. The second kappa shape index (κ2) is 4.72. The van der Waals surface area contributed by atoms with Gasteiger partial charge in [0.05, 0.1) is 11.2 Å². The number of thiazole rings is 1. The highest BCUT2D eigenvalue weighted by molar-refractivity contribution is 7.09. The molecular formula is C10H18N2S. The van der Waals surface area contributed by atoms with E-state index in [4.69, 9.17) is 0 Å². The Morgan fingerprint density at radius 3 is 2.62 bits per heavy atom. The lowest BCUT2D eigenvalue weighted by Gasteiger charge is -2.16. The van der Waals surface area contributed by atoms with E-state index >= 15 is 0 Å². The van der Waals surface area contributed by atoms with Crippen molar-refractivity contribution < 1.29 is 0 Å². The van der Waals surface area contributed by atoms with Crippen LogP contribution in [0.5, 0.6) is 0 Å². The lowest BCUT2D eigenvalue weighted by molar-refractivity contribution is 0.427. The number of hydrogen-bond acceptors (Lipinski definition) is 3. The van der Waals surface area contributed by atoms with Gasteiger partial charge < -0.3 is 5.32 Å². The maximum absolute atomic E-state index is 4.22. The lowest BCUT2D eigenvalue weighted by Crippen LogP contribution is -2.30. The first-order chi connectivity index (χ1) is 6.11. The van der Waals surface area contributed by atoms with Gasteiger partial charge in [0.15, 0.2) is 0 Å². The zero-order chi connectivity index (χ0) is 9.84. The van der Waals surface area contributed by atoms with Crippen molar-refractivity contribution in [1.82, 2.24) is 10.3 Å². The second-order valence-corrected chi connectivity index (χ2v) is 4.71. The quantitative estimate of drug-likeness (QED) is 0.804. The monoisotopic (exact) mass is 198 g/mol. The van der Waals surface area contributed by atoms with E-state index in [-0.39, 0.29) is 0 Å². The van der Waals surface area contributed by atoms with Crippen molar-refractivity contribution in [3.63, 3.8) is 0 Å². The molecule has 1 aromatic heterocycles. The van der Waals surface area contributed by atoms with Crippen LogP contribution < -0.4 is 5.32 Å². The SMILES string of the molecule is Cc1ncsc1CNC(C)C(C)C. The van der Waals surface area contributed by atoms with Gasteiger partial charge in [-0.3, -0.25) is 0 Å². The molecule has 1 aromatic rings. The minimum Gasteiger partial charge on any atom is -0.309 e. The summed E-state index contributed by atoms with van der Waals surface area (Å²) in [5, 5.41) is 3.50. The van der Waals surface area contributed by atoms with E-state index in [1.165, 1.54) is 4.88 Å². The summed E-state index contributed by atoms with van der Waals surface area (Å²) < 4.78 is 0. The van der Waals surface area contributed by atoms with Crippen LogP contribution in [0, 0.1) is 12.8 Å². The Bertz CT molecular complexity index is 255. The average Bonchev–Trinajstić information content (AvgIpc) is 2.47. The van der Waals surface area contributed by atoms with Crippen molar-refractivity contribution >= 4 is 11.3 Å². The van der Waals surface area contributed by atoms with E-state index in [0.717, 1.165) is 12.2 Å². The van der Waals surface area contributed by atoms with Crippen LogP contribution in [-0.4, -0.2) is 11.0 Å². The van der Waals surface area contributed by atoms with E-state index in [1.807, 2.05) is 5.51 Å². The predicted molar refractivity (Wildman–Crippen MR) is 58.0 cm³/mol. The maximum Gasteiger partial charge on any atom is 0.0798 e. The van der Waals surface area contributed by atoms with Crippen molar-refractivity contribution in [2.24, 2.45) is 5.92 Å². The van der Waals surface area contributed by atoms with Crippen LogP contribution in [-0.2, 0) is 6.54 Å². The molecule has 0 spiro atoms. The molecule has 0 aliphatic carbocycles. The van der Waals surface area contributed by atoms with E-state index < -0.39 is 0 Å². The number of nitrogens with zero attached hydrogens (tertiary/aromatic N) is 1. The summed E-state index contributed by atoms with van der Waals surface area (Å²) in [4.78, 5) is 5.57. The Morgan fingerprint density at radius 2 is 2.15 bits per heavy atom. The molecule has 1 atom stereocenters. The Labute approximate surface area is 84.4 Å². The van der Waals surface area contributed by atoms with E-state index in [0.29, 0.717) is 12.0 Å². The third-order valence-electron chi connectivity index (χ3n) is 2.43. The fraction of sp³-hybridized carbons (Fsp3) is 0.700. The molecule has 1 heterocycles. The van der Waals surface area contributed by atoms with Gasteiger partial charge in [-0.25, -0.2) is 4.98 Å². The standard InChI is InChI=1S/C10H18N2S/c1-7(2)8(3)11-5-10-9(4)12-6-13-10/h6-8,11H,5H2,1-4H3. The molecule has 13 heavy (non-hydrogen) atoms. The summed E-state index contributed by atoms with van der Waals surface area (Å²) in [6.07, 6.45) is 0. The first-order valence-corrected chi connectivity index (χ1v) is 5.61. The topological polar surface area (TPSA) is 24.9 Å². The molecule has 0 amide bonds. The fourth-order valence-corrected chi connectivity index (χ4v) is 1.71. The van der Waals surface area contributed by atoms with Gasteiger partial charge in [-0.15, -0.1) is 11.3 Å². The highest BCUT2D eigenvalue weighted by atomic mass is 32.1. The molecule has 1 N–H and O–H groups in total. The highest BCUT2D eigenvalue weighted by Crippen LogP contribution is 2.12. The van der Waals surface area contributed by atoms with E-state index in [9.17, 15) is 0 Å². The first-order valence-electron chi connectivity index (χ1n) is 4.73. The highest BCUT2D eigenvalue weighted by Gasteiger charge is 2.07. The number of rotatable bonds is 4. The van der Waals surface area contributed by atoms with Crippen molar-refractivity contribution in [3.05, 3.63) is 16.1 Å². The van der Waals surface area contributed by atoms with Crippen molar-refractivity contribution in [3.8, 4) is 0 Å². The molecule has 0 saturated carbocycles. The minimum atomic E-state index is 0.571. The molecule has 74 valence electrons. The molecule has 0 saturated heterocycles. The van der Waals surface area contributed by atoms with Crippen LogP contribution in [0.25, 0.3) is 0 Å². The molecule has 0 radical (unpaired) electrons. The minimum absolute atomic E-state index is 0.571. The summed E-state index contributed by atoms with van der Waals surface area (Å²) in [7, 11) is 0. The predicted octanol–water partition coefficient (Wildman–Crippen LogP) is 2.59. The summed E-state index contributed by atoms with van der Waals surface area (Å²) in [6, 6.07) is 0.571. The second-order valence-electron chi connectivity index (χ2n) is 3.77. The fourth-order valence-electron chi connectivity index (χ4n) is 0.985. The van der Waals surface area contributed by atoms with Crippen molar-refractivity contribution in [2.45, 2.75) is 40.3 Å². The van der Waals surface area contributed by atoms with E-state index in [2.05, 4.69) is 38.0 Å². The Hall–Kier alpha value is -0.410. The first kappa shape index (κ1) is 10.7. The molecule has 2 nitrogen and oxygen atoms in total. The maximum atomic E-state index is 4.22. The van der Waals surface area contributed by atoms with Gasteiger partial charge in [-0.2, -0.15) is 0 Å². The normalized spacial score (nSPS) is 13.6. The Balaban J connectivity index is 2.39. The van der Waals surface area contributed by atoms with Gasteiger partial charge in [0.25, 0.3) is 0 Å². The zero-order valence-corrected chi connectivity index (χ0v) is 9.61. The summed E-state index contributed by atoms with van der Waals surface area (Å²) in [5.41, 5.74) is 3.07. The van der Waals surface area contributed by atoms with Crippen LogP contribution in [0.3, 0.4) is 0 Å². The Kier molecular flexibility index (Phi) is 3.88. The molecule has 0 fully saturated rings. The number of nitrogens with one attached hydrogen (secondary N) is 1. The summed E-state index contributed by atoms with van der Waals surface area (Å²) >= 11 is 1.73. The molecule has 1 unspecified atom stereocenters. The molecule has 1 rings (SSSR count). The van der Waals surface area contributed by atoms with Gasteiger partial charge in [0.2, 0.25) is 0 Å². The van der Waals surface area contributed by atoms with Crippen molar-refractivity contribution in [1.29, 1.82) is 0 Å². The third-order valence-corrected chi connectivity index (χ3v) is 3.36. The van der Waals surface area contributed by atoms with Crippen LogP contribution in [0.2, 0.25) is 0 Å². The van der Waals surface area contributed by atoms with Gasteiger partial charge in [0, 0.05) is 17.5 Å². The zero-order valence-electron chi connectivity index (χ0n) is 8.79. The average molecular weight is 198 g/mol. The van der Waals surface area contributed by atoms with Gasteiger partial charge >= 0.3 is 0 Å². The van der Waals surface area contributed by atoms with Gasteiger partial charge in [-0.05, 0) is 19.8 Å². The number of aromatic nitrogens is 1. The molecule has 0 aromatic carbocycles. The summed E-state index contributed by atoms with van der Waals surface area (Å²) in [5.74, 6) is 0.688. The van der Waals surface area contributed by atoms with Crippen LogP contribution in [0.1, 0.15) is 31.3 Å². The number of hydrogen-bond donors (Lipinski definition) is 1. The third kappa shape index (κ3) is 3.08. The molecule has 0 bridgehead atoms. The smallest absolute Gasteiger partial charge is 0.0798 e. The van der Waals surface area contributed by atoms with Gasteiger partial charge in [0.1, 0.15) is 0 Å². The van der Waals surface area contributed by atoms with Crippen LogP contribution in [0.4, 0.5) is 0 Å². The molecule has 3 heteroatoms. The van der Waals surface area contributed by atoms with Gasteiger partial charge in [-0.1, -0.05) is 13.8 Å².